The number of methoxy groups -OCH3 is 1. The highest BCUT2D eigenvalue weighted by atomic mass is 16.5. The molecule has 2 rings (SSSR count). The first kappa shape index (κ1) is 19.9. The first-order chi connectivity index (χ1) is 12.5. The van der Waals surface area contributed by atoms with Gasteiger partial charge in [0.2, 0.25) is 0 Å². The summed E-state index contributed by atoms with van der Waals surface area (Å²) in [5.41, 5.74) is 2.80. The Morgan fingerprint density at radius 1 is 1.00 bits per heavy atom. The minimum absolute atomic E-state index is 0.334. The zero-order valence-electron chi connectivity index (χ0n) is 16.1. The van der Waals surface area contributed by atoms with Crippen molar-refractivity contribution in [1.82, 2.24) is 9.80 Å². The SMILES string of the molecule is COC(=O)c1ccc(OCCN(C)Cc2ccccc2)c(CN(C)C)c1. The van der Waals surface area contributed by atoms with Crippen molar-refractivity contribution < 1.29 is 14.3 Å². The summed E-state index contributed by atoms with van der Waals surface area (Å²) in [4.78, 5) is 16.0. The quantitative estimate of drug-likeness (QED) is 0.646. The van der Waals surface area contributed by atoms with Crippen LogP contribution in [-0.4, -0.2) is 57.2 Å². The lowest BCUT2D eigenvalue weighted by molar-refractivity contribution is 0.0600. The summed E-state index contributed by atoms with van der Waals surface area (Å²) in [7, 11) is 7.45. The Labute approximate surface area is 156 Å². The number of nitrogens with zero attached hydrogens (tertiary/aromatic N) is 2. The van der Waals surface area contributed by atoms with E-state index in [0.717, 1.165) is 24.4 Å². The third-order valence-corrected chi connectivity index (χ3v) is 3.99. The highest BCUT2D eigenvalue weighted by Gasteiger charge is 2.12. The summed E-state index contributed by atoms with van der Waals surface area (Å²) < 4.78 is 10.8. The number of carbonyl (C=O) groups excluding carboxylic acids is 1. The van der Waals surface area contributed by atoms with E-state index in [1.807, 2.05) is 37.2 Å². The Bertz CT molecular complexity index is 702. The van der Waals surface area contributed by atoms with E-state index in [1.54, 1.807) is 6.07 Å². The molecule has 0 aliphatic rings. The number of carbonyl (C=O) groups is 1. The maximum absolute atomic E-state index is 11.8. The molecule has 0 radical (unpaired) electrons. The van der Waals surface area contributed by atoms with Crippen molar-refractivity contribution >= 4 is 5.97 Å². The maximum Gasteiger partial charge on any atom is 0.337 e. The zero-order valence-corrected chi connectivity index (χ0v) is 16.1. The van der Waals surface area contributed by atoms with E-state index in [-0.39, 0.29) is 5.97 Å². The van der Waals surface area contributed by atoms with Gasteiger partial charge in [0.1, 0.15) is 12.4 Å². The molecule has 0 N–H and O–H groups in total. The Kier molecular flexibility index (Phi) is 7.63. The summed E-state index contributed by atoms with van der Waals surface area (Å²) in [6.07, 6.45) is 0. The number of hydrogen-bond acceptors (Lipinski definition) is 5. The van der Waals surface area contributed by atoms with Gasteiger partial charge in [0, 0.05) is 25.2 Å². The van der Waals surface area contributed by atoms with Crippen LogP contribution in [0.2, 0.25) is 0 Å². The van der Waals surface area contributed by atoms with Crippen LogP contribution < -0.4 is 4.74 Å². The van der Waals surface area contributed by atoms with Crippen LogP contribution in [0.3, 0.4) is 0 Å². The highest BCUT2D eigenvalue weighted by Crippen LogP contribution is 2.22. The molecule has 5 heteroatoms. The predicted octanol–water partition coefficient (Wildman–Crippen LogP) is 3.05. The van der Waals surface area contributed by atoms with E-state index in [9.17, 15) is 4.79 Å². The van der Waals surface area contributed by atoms with Gasteiger partial charge in [0.25, 0.3) is 0 Å². The molecule has 0 saturated carbocycles. The van der Waals surface area contributed by atoms with Crippen LogP contribution in [0.5, 0.6) is 5.75 Å². The number of rotatable bonds is 9. The van der Waals surface area contributed by atoms with Crippen LogP contribution in [0.25, 0.3) is 0 Å². The zero-order chi connectivity index (χ0) is 18.9. The van der Waals surface area contributed by atoms with E-state index in [4.69, 9.17) is 9.47 Å². The Morgan fingerprint density at radius 2 is 1.73 bits per heavy atom. The molecule has 2 aromatic rings. The average molecular weight is 356 g/mol. The molecule has 0 spiro atoms. The number of hydrogen-bond donors (Lipinski definition) is 0. The van der Waals surface area contributed by atoms with Gasteiger partial charge in [-0.15, -0.1) is 0 Å². The van der Waals surface area contributed by atoms with Crippen LogP contribution in [0.1, 0.15) is 21.5 Å². The van der Waals surface area contributed by atoms with Gasteiger partial charge < -0.3 is 14.4 Å². The van der Waals surface area contributed by atoms with Crippen LogP contribution >= 0.6 is 0 Å². The molecular weight excluding hydrogens is 328 g/mol. The largest absolute Gasteiger partial charge is 0.492 e. The van der Waals surface area contributed by atoms with Crippen LogP contribution in [0, 0.1) is 0 Å². The van der Waals surface area contributed by atoms with E-state index in [2.05, 4.69) is 36.2 Å². The second-order valence-electron chi connectivity index (χ2n) is 6.62. The first-order valence-corrected chi connectivity index (χ1v) is 8.71. The molecular formula is C21H28N2O3. The molecule has 0 atom stereocenters. The van der Waals surface area contributed by atoms with Gasteiger partial charge in [-0.25, -0.2) is 4.79 Å². The molecule has 0 bridgehead atoms. The molecule has 0 aromatic heterocycles. The molecule has 0 fully saturated rings. The van der Waals surface area contributed by atoms with E-state index >= 15 is 0 Å². The fourth-order valence-electron chi connectivity index (χ4n) is 2.71. The maximum atomic E-state index is 11.8. The van der Waals surface area contributed by atoms with Crippen molar-refractivity contribution in [3.8, 4) is 5.75 Å². The van der Waals surface area contributed by atoms with Crippen molar-refractivity contribution in [1.29, 1.82) is 0 Å². The van der Waals surface area contributed by atoms with E-state index in [1.165, 1.54) is 12.7 Å². The average Bonchev–Trinajstić information content (AvgIpc) is 2.62. The lowest BCUT2D eigenvalue weighted by Crippen LogP contribution is -2.24. The van der Waals surface area contributed by atoms with Crippen molar-refractivity contribution in [3.05, 3.63) is 65.2 Å². The summed E-state index contributed by atoms with van der Waals surface area (Å²) in [5, 5.41) is 0. The van der Waals surface area contributed by atoms with Gasteiger partial charge in [-0.3, -0.25) is 4.90 Å². The molecule has 0 aliphatic carbocycles. The second-order valence-corrected chi connectivity index (χ2v) is 6.62. The number of likely N-dealkylation sites (N-methyl/N-ethyl adjacent to an activating group) is 1. The summed E-state index contributed by atoms with van der Waals surface area (Å²) in [6.45, 7) is 2.98. The van der Waals surface area contributed by atoms with E-state index in [0.29, 0.717) is 18.7 Å². The molecule has 0 saturated heterocycles. The Balaban J connectivity index is 1.95. The fourth-order valence-corrected chi connectivity index (χ4v) is 2.71. The minimum Gasteiger partial charge on any atom is -0.492 e. The Morgan fingerprint density at radius 3 is 2.38 bits per heavy atom. The highest BCUT2D eigenvalue weighted by molar-refractivity contribution is 5.89. The number of benzene rings is 2. The third-order valence-electron chi connectivity index (χ3n) is 3.99. The van der Waals surface area contributed by atoms with Crippen molar-refractivity contribution in [2.45, 2.75) is 13.1 Å². The van der Waals surface area contributed by atoms with Crippen LogP contribution in [-0.2, 0) is 17.8 Å². The predicted molar refractivity (Wildman–Crippen MR) is 103 cm³/mol. The molecule has 2 aromatic carbocycles. The normalized spacial score (nSPS) is 11.0. The Hall–Kier alpha value is -2.37. The first-order valence-electron chi connectivity index (χ1n) is 8.71. The summed E-state index contributed by atoms with van der Waals surface area (Å²) >= 11 is 0. The smallest absolute Gasteiger partial charge is 0.337 e. The summed E-state index contributed by atoms with van der Waals surface area (Å²) in [6, 6.07) is 15.8. The number of ether oxygens (including phenoxy) is 2. The van der Waals surface area contributed by atoms with Gasteiger partial charge in [0.05, 0.1) is 12.7 Å². The van der Waals surface area contributed by atoms with E-state index < -0.39 is 0 Å². The van der Waals surface area contributed by atoms with Crippen molar-refractivity contribution in [2.24, 2.45) is 0 Å². The van der Waals surface area contributed by atoms with Crippen molar-refractivity contribution in [3.63, 3.8) is 0 Å². The standard InChI is InChI=1S/C21H28N2O3/c1-22(2)16-19-14-18(21(24)25-4)10-11-20(19)26-13-12-23(3)15-17-8-6-5-7-9-17/h5-11,14H,12-13,15-16H2,1-4H3. The second kappa shape index (κ2) is 9.94. The van der Waals surface area contributed by atoms with Crippen LogP contribution in [0.4, 0.5) is 0 Å². The van der Waals surface area contributed by atoms with Gasteiger partial charge >= 0.3 is 5.97 Å². The molecule has 26 heavy (non-hydrogen) atoms. The number of esters is 1. The lowest BCUT2D eigenvalue weighted by atomic mass is 10.1. The molecule has 0 amide bonds. The van der Waals surface area contributed by atoms with Gasteiger partial charge in [0.15, 0.2) is 0 Å². The van der Waals surface area contributed by atoms with Crippen LogP contribution in [0.15, 0.2) is 48.5 Å². The lowest BCUT2D eigenvalue weighted by Gasteiger charge is -2.19. The van der Waals surface area contributed by atoms with Gasteiger partial charge in [-0.05, 0) is 44.9 Å². The monoisotopic (exact) mass is 356 g/mol. The molecule has 0 heterocycles. The van der Waals surface area contributed by atoms with Gasteiger partial charge in [-0.1, -0.05) is 30.3 Å². The molecule has 0 aliphatic heterocycles. The topological polar surface area (TPSA) is 42.0 Å². The molecule has 140 valence electrons. The third kappa shape index (κ3) is 6.17. The van der Waals surface area contributed by atoms with Gasteiger partial charge in [-0.2, -0.15) is 0 Å². The fraction of sp³-hybridized carbons (Fsp3) is 0.381. The summed E-state index contributed by atoms with van der Waals surface area (Å²) in [5.74, 6) is 0.471. The van der Waals surface area contributed by atoms with Crippen molar-refractivity contribution in [2.75, 3.05) is 41.4 Å². The molecule has 0 unspecified atom stereocenters. The minimum atomic E-state index is -0.334. The molecule has 5 nitrogen and oxygen atoms in total.